The number of anilines is 1. The molecule has 0 unspecified atom stereocenters. The second kappa shape index (κ2) is 8.97. The van der Waals surface area contributed by atoms with E-state index in [0.29, 0.717) is 12.8 Å². The monoisotopic (exact) mass is 386 g/mol. The largest absolute Gasteiger partial charge is 0.368 e. The summed E-state index contributed by atoms with van der Waals surface area (Å²) >= 11 is 0. The number of ketones is 1. The zero-order chi connectivity index (χ0) is 20.1. The van der Waals surface area contributed by atoms with Gasteiger partial charge in [0.25, 0.3) is 0 Å². The molecule has 5 nitrogen and oxygen atoms in total. The Bertz CT molecular complexity index is 961. The number of aryl methyl sites for hydroxylation is 1. The van der Waals surface area contributed by atoms with Gasteiger partial charge in [-0.3, -0.25) is 14.8 Å². The van der Waals surface area contributed by atoms with Gasteiger partial charge in [-0.05, 0) is 47.9 Å². The van der Waals surface area contributed by atoms with Gasteiger partial charge in [-0.15, -0.1) is 0 Å². The van der Waals surface area contributed by atoms with E-state index in [1.807, 2.05) is 43.6 Å². The standard InChI is InChI=1S/C24H26N4O/c1-18-14-21(8-9-26-18)20-4-2-19(3-5-20)15-24(29)16-22-6-7-23(17-27-22)28-12-10-25-11-13-28/h2-9,14,17,25H,10-13,15-16H2,1H3. The number of rotatable bonds is 6. The number of Topliss-reactive ketones (excluding diaryl/α,β-unsaturated/α-hetero) is 1. The number of carbonyl (C=O) groups excluding carboxylic acids is 1. The average molecular weight is 386 g/mol. The number of benzene rings is 1. The zero-order valence-electron chi connectivity index (χ0n) is 16.8. The molecule has 29 heavy (non-hydrogen) atoms. The van der Waals surface area contributed by atoms with E-state index in [1.54, 1.807) is 0 Å². The summed E-state index contributed by atoms with van der Waals surface area (Å²) in [5, 5.41) is 3.35. The summed E-state index contributed by atoms with van der Waals surface area (Å²) in [6.07, 6.45) is 4.51. The molecule has 5 heteroatoms. The van der Waals surface area contributed by atoms with Crippen molar-refractivity contribution in [3.8, 4) is 11.1 Å². The van der Waals surface area contributed by atoms with E-state index in [1.165, 1.54) is 0 Å². The number of aromatic nitrogens is 2. The molecule has 1 aromatic carbocycles. The first-order chi connectivity index (χ1) is 14.2. The SMILES string of the molecule is Cc1cc(-c2ccc(CC(=O)Cc3ccc(N4CCNCC4)cn3)cc2)ccn1. The molecule has 0 atom stereocenters. The van der Waals surface area contributed by atoms with Gasteiger partial charge in [0.2, 0.25) is 0 Å². The summed E-state index contributed by atoms with van der Waals surface area (Å²) in [6, 6.07) is 16.3. The highest BCUT2D eigenvalue weighted by atomic mass is 16.1. The lowest BCUT2D eigenvalue weighted by Gasteiger charge is -2.29. The molecular weight excluding hydrogens is 360 g/mol. The molecule has 0 saturated carbocycles. The van der Waals surface area contributed by atoms with Crippen LogP contribution in [0.4, 0.5) is 5.69 Å². The predicted octanol–water partition coefficient (Wildman–Crippen LogP) is 3.22. The molecule has 1 aliphatic heterocycles. The lowest BCUT2D eigenvalue weighted by Crippen LogP contribution is -2.43. The molecule has 148 valence electrons. The molecule has 1 N–H and O–H groups in total. The van der Waals surface area contributed by atoms with Crippen LogP contribution in [0.1, 0.15) is 17.0 Å². The first kappa shape index (κ1) is 19.3. The fraction of sp³-hybridized carbons (Fsp3) is 0.292. The Labute approximate surface area is 171 Å². The van der Waals surface area contributed by atoms with Crippen LogP contribution in [0.5, 0.6) is 0 Å². The minimum absolute atomic E-state index is 0.180. The predicted molar refractivity (Wildman–Crippen MR) is 116 cm³/mol. The molecule has 0 radical (unpaired) electrons. The Balaban J connectivity index is 1.34. The van der Waals surface area contributed by atoms with Crippen molar-refractivity contribution in [3.05, 3.63) is 77.9 Å². The molecule has 2 aromatic heterocycles. The van der Waals surface area contributed by atoms with Crippen molar-refractivity contribution in [1.29, 1.82) is 0 Å². The minimum Gasteiger partial charge on any atom is -0.368 e. The molecule has 1 aliphatic rings. The topological polar surface area (TPSA) is 58.1 Å². The third-order valence-corrected chi connectivity index (χ3v) is 5.25. The van der Waals surface area contributed by atoms with Gasteiger partial charge in [-0.25, -0.2) is 0 Å². The summed E-state index contributed by atoms with van der Waals surface area (Å²) in [5.74, 6) is 0.180. The number of hydrogen-bond acceptors (Lipinski definition) is 5. The van der Waals surface area contributed by atoms with Gasteiger partial charge >= 0.3 is 0 Å². The molecule has 3 heterocycles. The molecule has 0 spiro atoms. The zero-order valence-corrected chi connectivity index (χ0v) is 16.8. The van der Waals surface area contributed by atoms with E-state index in [4.69, 9.17) is 0 Å². The number of piperazine rings is 1. The van der Waals surface area contributed by atoms with Crippen LogP contribution in [0.15, 0.2) is 60.9 Å². The molecule has 0 amide bonds. The molecule has 3 aromatic rings. The van der Waals surface area contributed by atoms with Crippen molar-refractivity contribution in [1.82, 2.24) is 15.3 Å². The Morgan fingerprint density at radius 3 is 2.45 bits per heavy atom. The third kappa shape index (κ3) is 5.06. The first-order valence-electron chi connectivity index (χ1n) is 10.1. The van der Waals surface area contributed by atoms with Crippen molar-refractivity contribution in [2.24, 2.45) is 0 Å². The van der Waals surface area contributed by atoms with Gasteiger partial charge in [-0.2, -0.15) is 0 Å². The quantitative estimate of drug-likeness (QED) is 0.705. The molecular formula is C24H26N4O. The first-order valence-corrected chi connectivity index (χ1v) is 10.1. The van der Waals surface area contributed by atoms with Crippen LogP contribution in [0.25, 0.3) is 11.1 Å². The maximum absolute atomic E-state index is 12.5. The van der Waals surface area contributed by atoms with Crippen molar-refractivity contribution in [2.75, 3.05) is 31.1 Å². The minimum atomic E-state index is 0.180. The van der Waals surface area contributed by atoms with Crippen LogP contribution in [-0.2, 0) is 17.6 Å². The second-order valence-electron chi connectivity index (χ2n) is 7.52. The number of nitrogens with zero attached hydrogens (tertiary/aromatic N) is 3. The number of nitrogens with one attached hydrogen (secondary N) is 1. The number of pyridine rings is 2. The maximum Gasteiger partial charge on any atom is 0.143 e. The van der Waals surface area contributed by atoms with Gasteiger partial charge in [0.15, 0.2) is 0 Å². The van der Waals surface area contributed by atoms with Gasteiger partial charge in [0.05, 0.1) is 11.9 Å². The lowest BCUT2D eigenvalue weighted by atomic mass is 10.0. The molecule has 4 rings (SSSR count). The molecule has 1 fully saturated rings. The van der Waals surface area contributed by atoms with Crippen LogP contribution < -0.4 is 10.2 Å². The van der Waals surface area contributed by atoms with E-state index in [0.717, 1.165) is 59.9 Å². The normalized spacial score (nSPS) is 14.0. The van der Waals surface area contributed by atoms with Crippen molar-refractivity contribution >= 4 is 11.5 Å². The second-order valence-corrected chi connectivity index (χ2v) is 7.52. The van der Waals surface area contributed by atoms with E-state index in [-0.39, 0.29) is 5.78 Å². The summed E-state index contributed by atoms with van der Waals surface area (Å²) < 4.78 is 0. The van der Waals surface area contributed by atoms with Crippen LogP contribution in [0.3, 0.4) is 0 Å². The van der Waals surface area contributed by atoms with Crippen LogP contribution in [0, 0.1) is 6.92 Å². The summed E-state index contributed by atoms with van der Waals surface area (Å²) in [7, 11) is 0. The van der Waals surface area contributed by atoms with Gasteiger partial charge in [-0.1, -0.05) is 24.3 Å². The van der Waals surface area contributed by atoms with Crippen LogP contribution >= 0.6 is 0 Å². The number of hydrogen-bond donors (Lipinski definition) is 1. The summed E-state index contributed by atoms with van der Waals surface area (Å²) in [4.78, 5) is 23.6. The molecule has 0 aliphatic carbocycles. The Hall–Kier alpha value is -3.05. The van der Waals surface area contributed by atoms with E-state index in [9.17, 15) is 4.79 Å². The van der Waals surface area contributed by atoms with E-state index >= 15 is 0 Å². The Morgan fingerprint density at radius 1 is 0.966 bits per heavy atom. The van der Waals surface area contributed by atoms with Crippen molar-refractivity contribution < 1.29 is 4.79 Å². The van der Waals surface area contributed by atoms with E-state index < -0.39 is 0 Å². The van der Waals surface area contributed by atoms with Crippen LogP contribution in [0.2, 0.25) is 0 Å². The van der Waals surface area contributed by atoms with E-state index in [2.05, 4.69) is 44.5 Å². The Morgan fingerprint density at radius 2 is 1.76 bits per heavy atom. The fourth-order valence-electron chi connectivity index (χ4n) is 3.66. The highest BCUT2D eigenvalue weighted by Crippen LogP contribution is 2.20. The van der Waals surface area contributed by atoms with Gasteiger partial charge in [0.1, 0.15) is 5.78 Å². The average Bonchev–Trinajstić information content (AvgIpc) is 2.75. The fourth-order valence-corrected chi connectivity index (χ4v) is 3.66. The number of carbonyl (C=O) groups is 1. The lowest BCUT2D eigenvalue weighted by molar-refractivity contribution is -0.117. The Kier molecular flexibility index (Phi) is 5.96. The van der Waals surface area contributed by atoms with Crippen molar-refractivity contribution in [2.45, 2.75) is 19.8 Å². The highest BCUT2D eigenvalue weighted by Gasteiger charge is 2.12. The van der Waals surface area contributed by atoms with Gasteiger partial charge in [0, 0.05) is 56.6 Å². The van der Waals surface area contributed by atoms with Crippen molar-refractivity contribution in [3.63, 3.8) is 0 Å². The molecule has 1 saturated heterocycles. The van der Waals surface area contributed by atoms with Crippen LogP contribution in [-0.4, -0.2) is 41.9 Å². The smallest absolute Gasteiger partial charge is 0.143 e. The summed E-state index contributed by atoms with van der Waals surface area (Å²) in [5.41, 5.74) is 6.27. The maximum atomic E-state index is 12.5. The summed E-state index contributed by atoms with van der Waals surface area (Å²) in [6.45, 7) is 5.98. The van der Waals surface area contributed by atoms with Gasteiger partial charge < -0.3 is 10.2 Å². The molecule has 0 bridgehead atoms. The highest BCUT2D eigenvalue weighted by molar-refractivity contribution is 5.83. The third-order valence-electron chi connectivity index (χ3n) is 5.25.